The minimum atomic E-state index is -0.602. The minimum Gasteiger partial charge on any atom is -0.433 e. The van der Waals surface area contributed by atoms with Gasteiger partial charge in [0.05, 0.1) is 13.0 Å². The van der Waals surface area contributed by atoms with Crippen LogP contribution in [0.15, 0.2) is 0 Å². The largest absolute Gasteiger partial charge is 0.433 e. The normalized spacial score (nSPS) is 30.0. The van der Waals surface area contributed by atoms with Crippen LogP contribution >= 0.6 is 0 Å². The van der Waals surface area contributed by atoms with E-state index < -0.39 is 6.29 Å². The average Bonchev–Trinajstić information content (AvgIpc) is 2.69. The summed E-state index contributed by atoms with van der Waals surface area (Å²) in [5.41, 5.74) is 0. The van der Waals surface area contributed by atoms with Gasteiger partial charge in [-0.1, -0.05) is 19.3 Å². The number of hydrogen-bond donors (Lipinski definition) is 1. The van der Waals surface area contributed by atoms with Crippen LogP contribution in [0, 0.1) is 5.92 Å². The fourth-order valence-electron chi connectivity index (χ4n) is 2.50. The second-order valence-corrected chi connectivity index (χ2v) is 4.79. The third-order valence-corrected chi connectivity index (χ3v) is 3.47. The van der Waals surface area contributed by atoms with Crippen LogP contribution in [-0.4, -0.2) is 31.3 Å². The highest BCUT2D eigenvalue weighted by molar-refractivity contribution is 5.73. The SMILES string of the molecule is O=CNC1CC(=O)OC1OCC1CCCCC1. The molecule has 2 atom stereocenters. The molecule has 1 heterocycles. The molecule has 0 radical (unpaired) electrons. The maximum atomic E-state index is 11.1. The summed E-state index contributed by atoms with van der Waals surface area (Å²) in [4.78, 5) is 21.5. The Morgan fingerprint density at radius 1 is 1.35 bits per heavy atom. The first-order valence-corrected chi connectivity index (χ1v) is 6.30. The number of rotatable bonds is 5. The molecule has 2 rings (SSSR count). The van der Waals surface area contributed by atoms with Gasteiger partial charge in [-0.15, -0.1) is 0 Å². The first-order valence-electron chi connectivity index (χ1n) is 6.30. The predicted molar refractivity (Wildman–Crippen MR) is 60.0 cm³/mol. The van der Waals surface area contributed by atoms with Gasteiger partial charge in [0.2, 0.25) is 12.7 Å². The number of cyclic esters (lactones) is 1. The zero-order valence-corrected chi connectivity index (χ0v) is 9.89. The number of carbonyl (C=O) groups is 2. The molecular formula is C12H19NO4. The summed E-state index contributed by atoms with van der Waals surface area (Å²) in [6, 6.07) is -0.330. The third kappa shape index (κ3) is 3.43. The molecule has 1 saturated carbocycles. The Morgan fingerprint density at radius 3 is 2.82 bits per heavy atom. The lowest BCUT2D eigenvalue weighted by molar-refractivity contribution is -0.168. The summed E-state index contributed by atoms with van der Waals surface area (Å²) in [6.45, 7) is 0.620. The van der Waals surface area contributed by atoms with Crippen molar-refractivity contribution < 1.29 is 19.1 Å². The van der Waals surface area contributed by atoms with Gasteiger partial charge in [-0.25, -0.2) is 0 Å². The molecule has 1 amide bonds. The second kappa shape index (κ2) is 6.00. The van der Waals surface area contributed by atoms with E-state index in [1.807, 2.05) is 0 Å². The first kappa shape index (κ1) is 12.4. The third-order valence-electron chi connectivity index (χ3n) is 3.47. The van der Waals surface area contributed by atoms with Crippen molar-refractivity contribution in [2.75, 3.05) is 6.61 Å². The van der Waals surface area contributed by atoms with Crippen molar-refractivity contribution in [3.8, 4) is 0 Å². The van der Waals surface area contributed by atoms with E-state index in [-0.39, 0.29) is 18.4 Å². The molecular weight excluding hydrogens is 222 g/mol. The molecule has 2 aliphatic rings. The van der Waals surface area contributed by atoms with Crippen LogP contribution in [0.4, 0.5) is 0 Å². The summed E-state index contributed by atoms with van der Waals surface area (Å²) < 4.78 is 10.6. The minimum absolute atomic E-state index is 0.202. The topological polar surface area (TPSA) is 64.6 Å². The van der Waals surface area contributed by atoms with Crippen LogP contribution < -0.4 is 5.32 Å². The van der Waals surface area contributed by atoms with Gasteiger partial charge < -0.3 is 14.8 Å². The van der Waals surface area contributed by atoms with Gasteiger partial charge in [-0.2, -0.15) is 0 Å². The van der Waals surface area contributed by atoms with Crippen molar-refractivity contribution in [1.82, 2.24) is 5.32 Å². The van der Waals surface area contributed by atoms with Crippen molar-refractivity contribution in [2.45, 2.75) is 50.9 Å². The van der Waals surface area contributed by atoms with Crippen LogP contribution in [0.5, 0.6) is 0 Å². The highest BCUT2D eigenvalue weighted by atomic mass is 16.7. The molecule has 17 heavy (non-hydrogen) atoms. The predicted octanol–water partition coefficient (Wildman–Crippen LogP) is 0.971. The van der Waals surface area contributed by atoms with Gasteiger partial charge in [0.25, 0.3) is 0 Å². The Kier molecular flexibility index (Phi) is 4.36. The maximum Gasteiger partial charge on any atom is 0.310 e. The quantitative estimate of drug-likeness (QED) is 0.575. The van der Waals surface area contributed by atoms with Crippen LogP contribution in [0.1, 0.15) is 38.5 Å². The summed E-state index contributed by atoms with van der Waals surface area (Å²) in [6.07, 6.45) is 6.39. The summed E-state index contributed by atoms with van der Waals surface area (Å²) >= 11 is 0. The Bertz CT molecular complexity index is 276. The summed E-state index contributed by atoms with van der Waals surface area (Å²) in [7, 11) is 0. The molecule has 2 unspecified atom stereocenters. The molecule has 1 saturated heterocycles. The molecule has 1 aliphatic carbocycles. The number of ether oxygens (including phenoxy) is 2. The summed E-state index contributed by atoms with van der Waals surface area (Å²) in [5.74, 6) is 0.262. The van der Waals surface area contributed by atoms with Gasteiger partial charge in [0.1, 0.15) is 6.04 Å². The molecule has 0 aromatic rings. The number of amides is 1. The molecule has 2 fully saturated rings. The van der Waals surface area contributed by atoms with E-state index in [0.29, 0.717) is 18.9 Å². The van der Waals surface area contributed by atoms with E-state index in [9.17, 15) is 9.59 Å². The number of nitrogens with one attached hydrogen (secondary N) is 1. The molecule has 1 N–H and O–H groups in total. The van der Waals surface area contributed by atoms with Crippen molar-refractivity contribution >= 4 is 12.4 Å². The highest BCUT2D eigenvalue weighted by Gasteiger charge is 2.35. The van der Waals surface area contributed by atoms with Crippen LogP contribution in [0.25, 0.3) is 0 Å². The summed E-state index contributed by atoms with van der Waals surface area (Å²) in [5, 5.41) is 2.56. The Labute approximate surface area is 101 Å². The van der Waals surface area contributed by atoms with Crippen molar-refractivity contribution in [1.29, 1.82) is 0 Å². The van der Waals surface area contributed by atoms with Crippen molar-refractivity contribution in [3.63, 3.8) is 0 Å². The van der Waals surface area contributed by atoms with E-state index in [2.05, 4.69) is 5.32 Å². The molecule has 96 valence electrons. The van der Waals surface area contributed by atoms with Gasteiger partial charge >= 0.3 is 5.97 Å². The van der Waals surface area contributed by atoms with E-state index in [1.54, 1.807) is 0 Å². The fraction of sp³-hybridized carbons (Fsp3) is 0.833. The smallest absolute Gasteiger partial charge is 0.310 e. The van der Waals surface area contributed by atoms with Crippen molar-refractivity contribution in [3.05, 3.63) is 0 Å². The monoisotopic (exact) mass is 241 g/mol. The Hall–Kier alpha value is -1.10. The number of hydrogen-bond acceptors (Lipinski definition) is 4. The van der Waals surface area contributed by atoms with Crippen LogP contribution in [0.3, 0.4) is 0 Å². The molecule has 0 bridgehead atoms. The van der Waals surface area contributed by atoms with E-state index in [4.69, 9.17) is 9.47 Å². The molecule has 5 heteroatoms. The molecule has 0 aromatic carbocycles. The lowest BCUT2D eigenvalue weighted by Gasteiger charge is -2.24. The van der Waals surface area contributed by atoms with E-state index >= 15 is 0 Å². The fourth-order valence-corrected chi connectivity index (χ4v) is 2.50. The van der Waals surface area contributed by atoms with Gasteiger partial charge in [0.15, 0.2) is 0 Å². The van der Waals surface area contributed by atoms with E-state index in [1.165, 1.54) is 32.1 Å². The Morgan fingerprint density at radius 2 is 2.12 bits per heavy atom. The highest BCUT2D eigenvalue weighted by Crippen LogP contribution is 2.25. The average molecular weight is 241 g/mol. The van der Waals surface area contributed by atoms with Gasteiger partial charge in [-0.05, 0) is 18.8 Å². The van der Waals surface area contributed by atoms with E-state index in [0.717, 1.165) is 0 Å². The van der Waals surface area contributed by atoms with Gasteiger partial charge in [-0.3, -0.25) is 9.59 Å². The number of esters is 1. The maximum absolute atomic E-state index is 11.1. The zero-order valence-electron chi connectivity index (χ0n) is 9.89. The van der Waals surface area contributed by atoms with Crippen LogP contribution in [-0.2, 0) is 19.1 Å². The number of carbonyl (C=O) groups excluding carboxylic acids is 2. The standard InChI is InChI=1S/C12H19NO4/c14-8-13-10-6-11(15)17-12(10)16-7-9-4-2-1-3-5-9/h8-10,12H,1-7H2,(H,13,14). The molecule has 0 aromatic heterocycles. The van der Waals surface area contributed by atoms with Crippen molar-refractivity contribution in [2.24, 2.45) is 5.92 Å². The zero-order chi connectivity index (χ0) is 12.1. The second-order valence-electron chi connectivity index (χ2n) is 4.79. The van der Waals surface area contributed by atoms with Gasteiger partial charge in [0, 0.05) is 0 Å². The molecule has 1 aliphatic heterocycles. The molecule has 0 spiro atoms. The molecule has 5 nitrogen and oxygen atoms in total. The lowest BCUT2D eigenvalue weighted by Crippen LogP contribution is -2.38. The van der Waals surface area contributed by atoms with Crippen LogP contribution in [0.2, 0.25) is 0 Å². The lowest BCUT2D eigenvalue weighted by atomic mass is 9.90. The Balaban J connectivity index is 1.76. The first-order chi connectivity index (χ1) is 8.29.